The lowest BCUT2D eigenvalue weighted by Gasteiger charge is -2.25. The van der Waals surface area contributed by atoms with Crippen molar-refractivity contribution in [2.45, 2.75) is 33.7 Å². The van der Waals surface area contributed by atoms with E-state index in [0.717, 1.165) is 28.3 Å². The molecule has 0 bridgehead atoms. The molecule has 0 saturated carbocycles. The Morgan fingerprint density at radius 3 is 2.52 bits per heavy atom. The van der Waals surface area contributed by atoms with Crippen LogP contribution in [0.3, 0.4) is 0 Å². The monoisotopic (exact) mass is 392 g/mol. The molecule has 0 saturated heterocycles. The Balaban J connectivity index is 1.48. The molecule has 0 atom stereocenters. The highest BCUT2D eigenvalue weighted by Crippen LogP contribution is 2.31. The molecular weight excluding hydrogens is 368 g/mol. The molecular formula is C23H24N2O4. The number of nitrogens with one attached hydrogen (secondary N) is 1. The maximum atomic E-state index is 12.5. The van der Waals surface area contributed by atoms with Crippen LogP contribution in [0, 0.1) is 5.41 Å². The first-order valence-corrected chi connectivity index (χ1v) is 9.67. The van der Waals surface area contributed by atoms with Gasteiger partial charge in [0.05, 0.1) is 6.26 Å². The van der Waals surface area contributed by atoms with E-state index in [1.165, 1.54) is 6.26 Å². The van der Waals surface area contributed by atoms with Crippen LogP contribution < -0.4 is 5.32 Å². The zero-order valence-electron chi connectivity index (χ0n) is 16.8. The number of anilines is 1. The summed E-state index contributed by atoms with van der Waals surface area (Å²) >= 11 is 0. The molecule has 6 heteroatoms. The number of furan rings is 2. The number of rotatable bonds is 3. The Hall–Kier alpha value is -3.28. The second kappa shape index (κ2) is 7.28. The Kier molecular flexibility index (Phi) is 4.78. The molecule has 150 valence electrons. The van der Waals surface area contributed by atoms with Crippen LogP contribution in [0.25, 0.3) is 11.3 Å². The van der Waals surface area contributed by atoms with Crippen LogP contribution in [-0.4, -0.2) is 23.3 Å². The van der Waals surface area contributed by atoms with Crippen molar-refractivity contribution in [2.24, 2.45) is 5.41 Å². The standard InChI is InChI=1S/C23H24N2O4/c1-23(2,3)22(27)24-17-8-6-15(7-9-17)20-13-16-14-25(11-10-18(16)29-20)21(26)19-5-4-12-28-19/h4-9,12-13H,10-11,14H2,1-3H3,(H,24,27). The Morgan fingerprint density at radius 1 is 1.10 bits per heavy atom. The first-order chi connectivity index (χ1) is 13.8. The summed E-state index contributed by atoms with van der Waals surface area (Å²) in [6, 6.07) is 13.0. The molecule has 0 fully saturated rings. The number of carbonyl (C=O) groups is 2. The van der Waals surface area contributed by atoms with Gasteiger partial charge in [0.25, 0.3) is 5.91 Å². The second-order valence-electron chi connectivity index (χ2n) is 8.29. The topological polar surface area (TPSA) is 75.7 Å². The van der Waals surface area contributed by atoms with Crippen LogP contribution in [0.1, 0.15) is 42.6 Å². The largest absolute Gasteiger partial charge is 0.461 e. The fraction of sp³-hybridized carbons (Fsp3) is 0.304. The average Bonchev–Trinajstić information content (AvgIpc) is 3.36. The Bertz CT molecular complexity index is 1020. The molecule has 4 rings (SSSR count). The summed E-state index contributed by atoms with van der Waals surface area (Å²) in [6.07, 6.45) is 2.17. The van der Waals surface area contributed by atoms with Gasteiger partial charge in [-0.1, -0.05) is 20.8 Å². The van der Waals surface area contributed by atoms with Crippen molar-refractivity contribution < 1.29 is 18.4 Å². The number of amides is 2. The van der Waals surface area contributed by atoms with Crippen molar-refractivity contribution >= 4 is 17.5 Å². The van der Waals surface area contributed by atoms with Crippen LogP contribution in [0.5, 0.6) is 0 Å². The summed E-state index contributed by atoms with van der Waals surface area (Å²) in [4.78, 5) is 26.4. The van der Waals surface area contributed by atoms with E-state index in [4.69, 9.17) is 8.83 Å². The molecule has 1 aromatic carbocycles. The van der Waals surface area contributed by atoms with Gasteiger partial charge in [-0.15, -0.1) is 0 Å². The van der Waals surface area contributed by atoms with Crippen molar-refractivity contribution in [1.29, 1.82) is 0 Å². The number of fused-ring (bicyclic) bond motifs is 1. The van der Waals surface area contributed by atoms with Gasteiger partial charge in [0, 0.05) is 41.7 Å². The van der Waals surface area contributed by atoms with Gasteiger partial charge in [-0.3, -0.25) is 9.59 Å². The molecule has 0 spiro atoms. The molecule has 1 aliphatic rings. The number of carbonyl (C=O) groups excluding carboxylic acids is 2. The highest BCUT2D eigenvalue weighted by Gasteiger charge is 2.26. The first-order valence-electron chi connectivity index (χ1n) is 9.67. The maximum Gasteiger partial charge on any atom is 0.289 e. The Labute approximate surface area is 169 Å². The molecule has 2 amide bonds. The predicted octanol–water partition coefficient (Wildman–Crippen LogP) is 4.72. The van der Waals surface area contributed by atoms with Crippen molar-refractivity contribution in [2.75, 3.05) is 11.9 Å². The van der Waals surface area contributed by atoms with Crippen molar-refractivity contribution in [1.82, 2.24) is 4.90 Å². The first kappa shape index (κ1) is 19.1. The van der Waals surface area contributed by atoms with Crippen LogP contribution in [0.4, 0.5) is 5.69 Å². The number of hydrogen-bond acceptors (Lipinski definition) is 4. The van der Waals surface area contributed by atoms with Gasteiger partial charge < -0.3 is 19.1 Å². The molecule has 3 aromatic rings. The van der Waals surface area contributed by atoms with Gasteiger partial charge >= 0.3 is 0 Å². The molecule has 0 radical (unpaired) electrons. The van der Waals surface area contributed by atoms with Gasteiger partial charge in [0.15, 0.2) is 5.76 Å². The molecule has 0 aliphatic carbocycles. The van der Waals surface area contributed by atoms with Gasteiger partial charge in [-0.2, -0.15) is 0 Å². The fourth-order valence-electron chi connectivity index (χ4n) is 3.24. The third-order valence-corrected chi connectivity index (χ3v) is 4.99. The van der Waals surface area contributed by atoms with Crippen LogP contribution in [0.2, 0.25) is 0 Å². The summed E-state index contributed by atoms with van der Waals surface area (Å²) in [6.45, 7) is 6.73. The third kappa shape index (κ3) is 3.97. The van der Waals surface area contributed by atoms with E-state index in [0.29, 0.717) is 25.3 Å². The highest BCUT2D eigenvalue weighted by atomic mass is 16.3. The summed E-state index contributed by atoms with van der Waals surface area (Å²) in [7, 11) is 0. The lowest BCUT2D eigenvalue weighted by atomic mass is 9.95. The normalized spacial score (nSPS) is 13.8. The van der Waals surface area contributed by atoms with Gasteiger partial charge in [0.1, 0.15) is 11.5 Å². The van der Waals surface area contributed by atoms with E-state index in [1.54, 1.807) is 17.0 Å². The van der Waals surface area contributed by atoms with Gasteiger partial charge in [0.2, 0.25) is 5.91 Å². The van der Waals surface area contributed by atoms with E-state index in [-0.39, 0.29) is 11.8 Å². The highest BCUT2D eigenvalue weighted by molar-refractivity contribution is 5.94. The van der Waals surface area contributed by atoms with E-state index in [2.05, 4.69) is 5.32 Å². The van der Waals surface area contributed by atoms with Crippen molar-refractivity contribution in [3.8, 4) is 11.3 Å². The second-order valence-corrected chi connectivity index (χ2v) is 8.29. The minimum atomic E-state index is -0.447. The predicted molar refractivity (Wildman–Crippen MR) is 109 cm³/mol. The fourth-order valence-corrected chi connectivity index (χ4v) is 3.24. The van der Waals surface area contributed by atoms with Crippen LogP contribution >= 0.6 is 0 Å². The summed E-state index contributed by atoms with van der Waals surface area (Å²) in [5.41, 5.74) is 2.24. The third-order valence-electron chi connectivity index (χ3n) is 4.99. The summed E-state index contributed by atoms with van der Waals surface area (Å²) in [5.74, 6) is 1.89. The lowest BCUT2D eigenvalue weighted by Crippen LogP contribution is -2.35. The summed E-state index contributed by atoms with van der Waals surface area (Å²) in [5, 5.41) is 2.92. The minimum absolute atomic E-state index is 0.0278. The van der Waals surface area contributed by atoms with Crippen molar-refractivity contribution in [3.05, 3.63) is 65.8 Å². The van der Waals surface area contributed by atoms with E-state index in [9.17, 15) is 9.59 Å². The average molecular weight is 392 g/mol. The van der Waals surface area contributed by atoms with E-state index in [1.807, 2.05) is 51.1 Å². The molecule has 6 nitrogen and oxygen atoms in total. The van der Waals surface area contributed by atoms with Crippen molar-refractivity contribution in [3.63, 3.8) is 0 Å². The molecule has 1 N–H and O–H groups in total. The zero-order valence-corrected chi connectivity index (χ0v) is 16.8. The summed E-state index contributed by atoms with van der Waals surface area (Å²) < 4.78 is 11.3. The van der Waals surface area contributed by atoms with Gasteiger partial charge in [-0.25, -0.2) is 0 Å². The maximum absolute atomic E-state index is 12.5. The lowest BCUT2D eigenvalue weighted by molar-refractivity contribution is -0.123. The van der Waals surface area contributed by atoms with E-state index >= 15 is 0 Å². The van der Waals surface area contributed by atoms with Gasteiger partial charge in [-0.05, 0) is 42.5 Å². The minimum Gasteiger partial charge on any atom is -0.461 e. The number of nitrogens with zero attached hydrogens (tertiary/aromatic N) is 1. The zero-order chi connectivity index (χ0) is 20.6. The van der Waals surface area contributed by atoms with Crippen LogP contribution in [-0.2, 0) is 17.8 Å². The number of benzene rings is 1. The smallest absolute Gasteiger partial charge is 0.289 e. The molecule has 2 aromatic heterocycles. The van der Waals surface area contributed by atoms with Crippen LogP contribution in [0.15, 0.2) is 57.6 Å². The molecule has 0 unspecified atom stereocenters. The molecule has 29 heavy (non-hydrogen) atoms. The van der Waals surface area contributed by atoms with E-state index < -0.39 is 5.41 Å². The SMILES string of the molecule is CC(C)(C)C(=O)Nc1ccc(-c2cc3c(o2)CCN(C(=O)c2ccco2)C3)cc1. The molecule has 3 heterocycles. The Morgan fingerprint density at radius 2 is 1.86 bits per heavy atom. The number of hydrogen-bond donors (Lipinski definition) is 1. The quantitative estimate of drug-likeness (QED) is 0.700. The molecule has 1 aliphatic heterocycles.